The van der Waals surface area contributed by atoms with Crippen LogP contribution in [-0.2, 0) is 15.1 Å². The number of hydrogen-bond donors (Lipinski definition) is 0. The molecule has 2 aliphatic rings. The summed E-state index contributed by atoms with van der Waals surface area (Å²) in [6.07, 6.45) is 10.0. The zero-order valence-corrected chi connectivity index (χ0v) is 30.6. The van der Waals surface area contributed by atoms with Crippen molar-refractivity contribution in [3.05, 3.63) is 129 Å². The summed E-state index contributed by atoms with van der Waals surface area (Å²) in [5, 5.41) is 0. The predicted octanol–water partition coefficient (Wildman–Crippen LogP) is 12.3. The monoisotopic (exact) mass is 720 g/mol. The molecule has 2 unspecified atom stereocenters. The van der Waals surface area contributed by atoms with Crippen LogP contribution < -0.4 is 0 Å². The Balaban J connectivity index is 1.60. The molecule has 0 heterocycles. The second kappa shape index (κ2) is 8.60. The van der Waals surface area contributed by atoms with Gasteiger partial charge in [-0.3, -0.25) is 0 Å². The minimum absolute atomic E-state index is 0.314. The van der Waals surface area contributed by atoms with Gasteiger partial charge in [0.2, 0.25) is 0 Å². The van der Waals surface area contributed by atoms with Crippen LogP contribution >= 0.6 is 0 Å². The van der Waals surface area contributed by atoms with Crippen molar-refractivity contribution in [3.8, 4) is 22.3 Å². The molecule has 0 bridgehead atoms. The summed E-state index contributed by atoms with van der Waals surface area (Å²) in [5.74, 6) is 0. The molecule has 0 nitrogen and oxygen atoms in total. The predicted molar refractivity (Wildman–Crippen MR) is 186 cm³/mol. The third kappa shape index (κ3) is 3.65. The third-order valence-corrected chi connectivity index (χ3v) is 61.6. The van der Waals surface area contributed by atoms with Crippen molar-refractivity contribution >= 4 is 16.4 Å². The van der Waals surface area contributed by atoms with Crippen LogP contribution in [0.25, 0.3) is 34.4 Å². The fraction of sp³-hybridized carbons (Fsp3) is 0.293. The van der Waals surface area contributed by atoms with Crippen LogP contribution in [-0.4, -0.2) is 4.26 Å². The van der Waals surface area contributed by atoms with Gasteiger partial charge in [0.25, 0.3) is 0 Å². The Morgan fingerprint density at radius 2 is 0.905 bits per heavy atom. The molecule has 0 fully saturated rings. The fourth-order valence-electron chi connectivity index (χ4n) is 8.92. The average molecular weight is 719 g/mol. The average Bonchev–Trinajstić information content (AvgIpc) is 3.64. The molecule has 6 rings (SSSR count). The molecule has 216 valence electrons. The van der Waals surface area contributed by atoms with Crippen molar-refractivity contribution in [1.82, 2.24) is 0 Å². The van der Waals surface area contributed by atoms with Crippen molar-refractivity contribution < 1.29 is 15.1 Å². The van der Waals surface area contributed by atoms with E-state index in [0.29, 0.717) is 7.35 Å². The molecule has 0 aromatic heterocycles. The molecule has 0 aliphatic heterocycles. The Morgan fingerprint density at radius 1 is 0.548 bits per heavy atom. The molecule has 4 aromatic carbocycles. The molecule has 0 saturated heterocycles. The van der Waals surface area contributed by atoms with Crippen LogP contribution in [0.3, 0.4) is 0 Å². The molecule has 42 heavy (non-hydrogen) atoms. The van der Waals surface area contributed by atoms with Crippen LogP contribution in [0.5, 0.6) is 0 Å². The van der Waals surface area contributed by atoms with Crippen molar-refractivity contribution in [2.45, 2.75) is 66.6 Å². The Morgan fingerprint density at radius 3 is 1.29 bits per heavy atom. The van der Waals surface area contributed by atoms with Gasteiger partial charge in [-0.2, -0.15) is 0 Å². The van der Waals surface area contributed by atoms with Gasteiger partial charge in [-0.1, -0.05) is 0 Å². The van der Waals surface area contributed by atoms with Gasteiger partial charge in [0.15, 0.2) is 0 Å². The summed E-state index contributed by atoms with van der Waals surface area (Å²) in [5.41, 5.74) is 16.6. The number of fused-ring (bicyclic) bond motifs is 2. The van der Waals surface area contributed by atoms with Gasteiger partial charge in [-0.25, -0.2) is 0 Å². The van der Waals surface area contributed by atoms with E-state index in [9.17, 15) is 0 Å². The number of rotatable bonds is 6. The number of allylic oxidation sites excluding steroid dienone is 2. The van der Waals surface area contributed by atoms with E-state index in [1.165, 1.54) is 66.8 Å². The van der Waals surface area contributed by atoms with E-state index < -0.39 is 15.1 Å². The molecular weight excluding hydrogens is 671 g/mol. The van der Waals surface area contributed by atoms with Gasteiger partial charge >= 0.3 is 250 Å². The molecule has 0 amide bonds. The van der Waals surface area contributed by atoms with Crippen LogP contribution in [0.4, 0.5) is 0 Å². The summed E-state index contributed by atoms with van der Waals surface area (Å²) < 4.78 is 14.0. The zero-order chi connectivity index (χ0) is 30.2. The summed E-state index contributed by atoms with van der Waals surface area (Å²) in [6.45, 7) is 13.9. The van der Waals surface area contributed by atoms with Gasteiger partial charge in [-0.15, -0.1) is 0 Å². The SMILES string of the molecule is [CH2]=[Hf]([CH3])([CH3])([CH2]C)([CH2]C)([CH]1C=Cc2c(-c3cccc(C)c3C)cccc21)[CH]1C=Cc2c(-c3cccc(C)c3C)cccc21. The first-order valence-corrected chi connectivity index (χ1v) is 35.0. The molecule has 2 aliphatic carbocycles. The molecule has 0 saturated carbocycles. The first-order chi connectivity index (χ1) is 19.7. The van der Waals surface area contributed by atoms with Crippen molar-refractivity contribution in [2.75, 3.05) is 0 Å². The Hall–Kier alpha value is -2.90. The van der Waals surface area contributed by atoms with Gasteiger partial charge in [-0.05, 0) is 0 Å². The topological polar surface area (TPSA) is 0 Å². The Kier molecular flexibility index (Phi) is 5.97. The Labute approximate surface area is 248 Å². The summed E-state index contributed by atoms with van der Waals surface area (Å²) in [4.78, 5) is 0. The van der Waals surface area contributed by atoms with Crippen molar-refractivity contribution in [3.63, 3.8) is 0 Å². The van der Waals surface area contributed by atoms with Gasteiger partial charge in [0, 0.05) is 0 Å². The van der Waals surface area contributed by atoms with E-state index in [1.807, 2.05) is 0 Å². The van der Waals surface area contributed by atoms with Crippen LogP contribution in [0.1, 0.15) is 65.7 Å². The van der Waals surface area contributed by atoms with E-state index in [-0.39, 0.29) is 0 Å². The summed E-state index contributed by atoms with van der Waals surface area (Å²) >= 11 is -5.17. The quantitative estimate of drug-likeness (QED) is 0.174. The van der Waals surface area contributed by atoms with Crippen LogP contribution in [0.2, 0.25) is 17.7 Å². The van der Waals surface area contributed by atoms with Crippen LogP contribution in [0.15, 0.2) is 84.9 Å². The van der Waals surface area contributed by atoms with E-state index >= 15 is 0 Å². The van der Waals surface area contributed by atoms with Crippen LogP contribution in [0, 0.1) is 27.7 Å². The van der Waals surface area contributed by atoms with Crippen molar-refractivity contribution in [2.24, 2.45) is 0 Å². The van der Waals surface area contributed by atoms with Gasteiger partial charge in [0.1, 0.15) is 0 Å². The molecule has 4 aromatic rings. The maximum atomic E-state index is 5.73. The first kappa shape index (κ1) is 29.2. The molecule has 0 radical (unpaired) electrons. The summed E-state index contributed by atoms with van der Waals surface area (Å²) in [7, 11) is 0. The first-order valence-electron chi connectivity index (χ1n) is 16.0. The van der Waals surface area contributed by atoms with Crippen molar-refractivity contribution in [1.29, 1.82) is 0 Å². The third-order valence-electron chi connectivity index (χ3n) is 13.8. The van der Waals surface area contributed by atoms with E-state index in [0.717, 1.165) is 8.35 Å². The molecule has 0 N–H and O–H groups in total. The Bertz CT molecular complexity index is 1840. The number of aryl methyl sites for hydroxylation is 2. The number of hydrogen-bond acceptors (Lipinski definition) is 0. The number of benzene rings is 4. The van der Waals surface area contributed by atoms with E-state index in [1.54, 1.807) is 0 Å². The molecule has 0 spiro atoms. The molecular formula is C41H48Hf. The normalized spacial score (nSPS) is 20.0. The minimum atomic E-state index is -5.17. The molecule has 1 heteroatoms. The fourth-order valence-corrected chi connectivity index (χ4v) is 37.9. The second-order valence-electron chi connectivity index (χ2n) is 16.4. The maximum absolute atomic E-state index is 5.73. The zero-order valence-electron chi connectivity index (χ0n) is 27.0. The standard InChI is InChI=1S/2C17H15.2C2H5.2CH3.CH2.Hf/c2*1-12-6-3-9-15(13(12)2)17-11-5-8-14-7-4-10-16(14)17;2*1-2;;;;/h2*3-11H,1-2H3;2*1H2,2H3;2*1H3;1H2;. The summed E-state index contributed by atoms with van der Waals surface area (Å²) in [6, 6.07) is 27.5. The van der Waals surface area contributed by atoms with Gasteiger partial charge in [0.05, 0.1) is 0 Å². The molecule has 2 atom stereocenters. The van der Waals surface area contributed by atoms with E-state index in [4.69, 9.17) is 4.26 Å². The second-order valence-corrected chi connectivity index (χ2v) is 68.5. The van der Waals surface area contributed by atoms with E-state index in [2.05, 4.69) is 148 Å². The van der Waals surface area contributed by atoms with Gasteiger partial charge < -0.3 is 0 Å².